The molecule has 3 aromatic carbocycles. The van der Waals surface area contributed by atoms with Gasteiger partial charge in [-0.15, -0.1) is 0 Å². The van der Waals surface area contributed by atoms with E-state index in [1.54, 1.807) is 0 Å². The number of likely N-dealkylation sites (tertiary alicyclic amines) is 1. The fourth-order valence-corrected chi connectivity index (χ4v) is 14.9. The summed E-state index contributed by atoms with van der Waals surface area (Å²) in [5, 5.41) is 1.99. The van der Waals surface area contributed by atoms with Gasteiger partial charge in [0.25, 0.3) is 0 Å². The number of amides is 3. The first kappa shape index (κ1) is 30.5. The molecule has 1 atom stereocenters. The van der Waals surface area contributed by atoms with Gasteiger partial charge in [-0.2, -0.15) is 0 Å². The Morgan fingerprint density at radius 3 is 1.53 bits per heavy atom. The van der Waals surface area contributed by atoms with Crippen molar-refractivity contribution in [3.05, 3.63) is 116 Å². The summed E-state index contributed by atoms with van der Waals surface area (Å²) in [5.74, 6) is -0.0307. The number of rotatable bonds is 9. The summed E-state index contributed by atoms with van der Waals surface area (Å²) >= 11 is 4.44. The number of carbonyl (C=O) groups excluding carboxylic acids is 3. The number of hydrazine groups is 1. The van der Waals surface area contributed by atoms with Crippen LogP contribution in [0.4, 0.5) is 9.59 Å². The monoisotopic (exact) mass is 663 g/mol. The van der Waals surface area contributed by atoms with Crippen LogP contribution in [0.5, 0.6) is 0 Å². The first-order valence-corrected chi connectivity index (χ1v) is 18.5. The number of carbonyl (C=O) groups is 3. The van der Waals surface area contributed by atoms with Gasteiger partial charge in [0.1, 0.15) is 0 Å². The van der Waals surface area contributed by atoms with E-state index in [0.717, 1.165) is 15.9 Å². The molecule has 2 fully saturated rings. The Morgan fingerprint density at radius 1 is 0.767 bits per heavy atom. The molecule has 2 saturated heterocycles. The van der Waals surface area contributed by atoms with E-state index in [1.165, 1.54) is 22.2 Å². The zero-order valence-corrected chi connectivity index (χ0v) is 26.3. The Morgan fingerprint density at radius 2 is 1.16 bits per heavy atom. The standard InChI is InChI=1S/C33H35BrN3O5P/c1-3-22-41-32(39)36-24-26(25-37(36)33(40)42-23-4-2)35-21-20-30(31(35)38)43(34,27-14-8-5-9-15-27,28-16-10-6-11-17-28)29-18-12-7-13-19-29/h3-19,26,30H,1-2,20-25H2. The predicted octanol–water partition coefficient (Wildman–Crippen LogP) is 4.97. The predicted molar refractivity (Wildman–Crippen MR) is 174 cm³/mol. The molecule has 0 aliphatic carbocycles. The number of nitrogens with zero attached hydrogens (tertiary/aromatic N) is 3. The Bertz CT molecular complexity index is 1360. The van der Waals surface area contributed by atoms with Crippen molar-refractivity contribution in [3.63, 3.8) is 0 Å². The van der Waals surface area contributed by atoms with E-state index in [9.17, 15) is 14.4 Å². The summed E-state index contributed by atoms with van der Waals surface area (Å²) < 4.78 is 10.5. The van der Waals surface area contributed by atoms with E-state index in [1.807, 2.05) is 59.5 Å². The normalized spacial score (nSPS) is 18.2. The van der Waals surface area contributed by atoms with Gasteiger partial charge < -0.3 is 0 Å². The molecule has 0 bridgehead atoms. The molecule has 3 aromatic rings. The summed E-state index contributed by atoms with van der Waals surface area (Å²) in [5.41, 5.74) is -0.430. The van der Waals surface area contributed by atoms with E-state index >= 15 is 0 Å². The van der Waals surface area contributed by atoms with Crippen LogP contribution in [0, 0.1) is 0 Å². The number of hydrogen-bond acceptors (Lipinski definition) is 5. The third-order valence-electron chi connectivity index (χ3n) is 8.15. The van der Waals surface area contributed by atoms with Crippen LogP contribution in [0.1, 0.15) is 6.42 Å². The fraction of sp³-hybridized carbons (Fsp3) is 0.242. The molecule has 2 aliphatic rings. The van der Waals surface area contributed by atoms with E-state index in [0.29, 0.717) is 13.0 Å². The Hall–Kier alpha value is -3.94. The molecule has 2 aliphatic heterocycles. The number of benzene rings is 3. The fourth-order valence-electron chi connectivity index (χ4n) is 6.25. The topological polar surface area (TPSA) is 79.4 Å². The van der Waals surface area contributed by atoms with E-state index in [-0.39, 0.29) is 32.2 Å². The van der Waals surface area contributed by atoms with Crippen LogP contribution in [0.25, 0.3) is 0 Å². The van der Waals surface area contributed by atoms with Crippen molar-refractivity contribution in [3.8, 4) is 0 Å². The minimum atomic E-state index is -3.60. The van der Waals surface area contributed by atoms with Gasteiger partial charge >= 0.3 is 261 Å². The van der Waals surface area contributed by atoms with Crippen LogP contribution in [0.2, 0.25) is 0 Å². The summed E-state index contributed by atoms with van der Waals surface area (Å²) in [6.07, 6.45) is 2.07. The zero-order chi connectivity index (χ0) is 30.5. The molecule has 0 saturated carbocycles. The summed E-state index contributed by atoms with van der Waals surface area (Å²) in [4.78, 5) is 42.5. The second kappa shape index (κ2) is 12.7. The number of ether oxygens (including phenoxy) is 2. The molecule has 43 heavy (non-hydrogen) atoms. The van der Waals surface area contributed by atoms with Gasteiger partial charge in [-0.1, -0.05) is 0 Å². The summed E-state index contributed by atoms with van der Waals surface area (Å²) in [7, 11) is 0. The van der Waals surface area contributed by atoms with Gasteiger partial charge in [0.15, 0.2) is 0 Å². The summed E-state index contributed by atoms with van der Waals surface area (Å²) in [6, 6.07) is 30.2. The van der Waals surface area contributed by atoms with Crippen molar-refractivity contribution in [1.29, 1.82) is 0 Å². The van der Waals surface area contributed by atoms with Crippen molar-refractivity contribution >= 4 is 54.8 Å². The van der Waals surface area contributed by atoms with Gasteiger partial charge in [0.05, 0.1) is 0 Å². The maximum absolute atomic E-state index is 14.8. The van der Waals surface area contributed by atoms with Crippen LogP contribution < -0.4 is 15.9 Å². The molecule has 0 aromatic heterocycles. The van der Waals surface area contributed by atoms with Gasteiger partial charge in [-0.25, -0.2) is 0 Å². The maximum atomic E-state index is 14.8. The van der Waals surface area contributed by atoms with Crippen LogP contribution in [-0.2, 0) is 14.3 Å². The summed E-state index contributed by atoms with van der Waals surface area (Å²) in [6.45, 7) is 7.81. The van der Waals surface area contributed by atoms with Gasteiger partial charge in [-0.3, -0.25) is 0 Å². The molecule has 0 radical (unpaired) electrons. The molecule has 1 unspecified atom stereocenters. The number of halogens is 1. The van der Waals surface area contributed by atoms with Crippen molar-refractivity contribution in [2.75, 3.05) is 32.8 Å². The minimum absolute atomic E-state index is 0.0102. The number of hydrogen-bond donors (Lipinski definition) is 0. The third kappa shape index (κ3) is 5.25. The molecular weight excluding hydrogens is 629 g/mol. The average molecular weight is 665 g/mol. The van der Waals surface area contributed by atoms with Crippen LogP contribution in [0.15, 0.2) is 116 Å². The second-order valence-electron chi connectivity index (χ2n) is 10.5. The zero-order valence-electron chi connectivity index (χ0n) is 23.8. The van der Waals surface area contributed by atoms with Crippen molar-refractivity contribution in [2.45, 2.75) is 18.1 Å². The Balaban J connectivity index is 1.57. The first-order valence-electron chi connectivity index (χ1n) is 14.2. The van der Waals surface area contributed by atoms with E-state index in [4.69, 9.17) is 9.47 Å². The van der Waals surface area contributed by atoms with Crippen LogP contribution in [0.3, 0.4) is 0 Å². The molecule has 10 heteroatoms. The van der Waals surface area contributed by atoms with Crippen molar-refractivity contribution in [2.24, 2.45) is 0 Å². The molecule has 5 rings (SSSR count). The van der Waals surface area contributed by atoms with Gasteiger partial charge in [0.2, 0.25) is 0 Å². The molecule has 0 spiro atoms. The van der Waals surface area contributed by atoms with Gasteiger partial charge in [0, 0.05) is 0 Å². The molecule has 224 valence electrons. The molecular formula is C33H35BrN3O5P. The molecule has 8 nitrogen and oxygen atoms in total. The SMILES string of the molecule is C=CCOC(=O)N1CC(N2CCC(P(Br)(c3ccccc3)(c3ccccc3)c3ccccc3)C2=O)CN1C(=O)OCC=C. The first-order chi connectivity index (χ1) is 20.8. The van der Waals surface area contributed by atoms with Crippen LogP contribution in [-0.4, -0.2) is 77.6 Å². The average Bonchev–Trinajstić information content (AvgIpc) is 3.68. The third-order valence-corrected chi connectivity index (χ3v) is 18.9. The van der Waals surface area contributed by atoms with Crippen molar-refractivity contribution < 1.29 is 23.9 Å². The quantitative estimate of drug-likeness (QED) is 0.239. The molecule has 3 amide bonds. The van der Waals surface area contributed by atoms with Gasteiger partial charge in [-0.05, 0) is 0 Å². The van der Waals surface area contributed by atoms with Crippen LogP contribution >= 0.6 is 20.8 Å². The van der Waals surface area contributed by atoms with E-state index < -0.39 is 29.2 Å². The Labute approximate surface area is 260 Å². The van der Waals surface area contributed by atoms with Crippen molar-refractivity contribution in [1.82, 2.24) is 14.9 Å². The molecule has 2 heterocycles. The Kier molecular flexibility index (Phi) is 9.04. The second-order valence-corrected chi connectivity index (χ2v) is 19.2. The van der Waals surface area contributed by atoms with E-state index in [2.05, 4.69) is 65.0 Å². The molecule has 0 N–H and O–H groups in total.